The van der Waals surface area contributed by atoms with Gasteiger partial charge in [0.2, 0.25) is 0 Å². The topological polar surface area (TPSA) is 92.7 Å². The largest absolute Gasteiger partial charge is 0.487 e. The summed E-state index contributed by atoms with van der Waals surface area (Å²) in [6.07, 6.45) is -0.851. The van der Waals surface area contributed by atoms with Crippen molar-refractivity contribution in [2.24, 2.45) is 0 Å². The van der Waals surface area contributed by atoms with Gasteiger partial charge in [0.05, 0.1) is 13.2 Å². The first kappa shape index (κ1) is 28.1. The van der Waals surface area contributed by atoms with E-state index in [2.05, 4.69) is 0 Å². The lowest BCUT2D eigenvalue weighted by Gasteiger charge is -2.28. The Morgan fingerprint density at radius 3 is 1.89 bits per heavy atom. The highest BCUT2D eigenvalue weighted by atomic mass is 19.1. The number of ether oxygens (including phenoxy) is 6. The summed E-state index contributed by atoms with van der Waals surface area (Å²) in [6.45, 7) is 0.559. The molecule has 0 bridgehead atoms. The number of benzene rings is 3. The van der Waals surface area contributed by atoms with E-state index in [1.807, 2.05) is 36.4 Å². The van der Waals surface area contributed by atoms with E-state index in [-0.39, 0.29) is 43.5 Å². The van der Waals surface area contributed by atoms with Crippen molar-refractivity contribution in [3.8, 4) is 11.5 Å². The molecule has 0 aromatic heterocycles. The van der Waals surface area contributed by atoms with E-state index < -0.39 is 23.7 Å². The molecule has 0 saturated carbocycles. The van der Waals surface area contributed by atoms with Gasteiger partial charge in [-0.3, -0.25) is 0 Å². The van der Waals surface area contributed by atoms with E-state index in [4.69, 9.17) is 28.4 Å². The minimum Gasteiger partial charge on any atom is -0.487 e. The zero-order valence-corrected chi connectivity index (χ0v) is 21.0. The Bertz CT molecular complexity index is 1090. The van der Waals surface area contributed by atoms with Crippen molar-refractivity contribution in [1.29, 1.82) is 0 Å². The lowest BCUT2D eigenvalue weighted by atomic mass is 10.0. The van der Waals surface area contributed by atoms with Gasteiger partial charge >= 0.3 is 5.97 Å². The third-order valence-corrected chi connectivity index (χ3v) is 5.48. The van der Waals surface area contributed by atoms with Gasteiger partial charge in [-0.2, -0.15) is 0 Å². The molecule has 0 radical (unpaired) electrons. The summed E-state index contributed by atoms with van der Waals surface area (Å²) in [7, 11) is 4.10. The molecule has 8 nitrogen and oxygen atoms in total. The molecule has 1 unspecified atom stereocenters. The molecular weight excluding hydrogens is 483 g/mol. The average Bonchev–Trinajstić information content (AvgIpc) is 2.93. The van der Waals surface area contributed by atoms with Crippen molar-refractivity contribution < 1.29 is 42.7 Å². The van der Waals surface area contributed by atoms with Gasteiger partial charge in [0.25, 0.3) is 5.79 Å². The number of halogens is 1. The maximum absolute atomic E-state index is 15.2. The van der Waals surface area contributed by atoms with Crippen LogP contribution in [0.25, 0.3) is 0 Å². The second-order valence-electron chi connectivity index (χ2n) is 7.92. The van der Waals surface area contributed by atoms with Crippen LogP contribution in [0.4, 0.5) is 4.39 Å². The maximum Gasteiger partial charge on any atom is 0.372 e. The fraction of sp³-hybridized carbons (Fsp3) is 0.321. The number of rotatable bonds is 14. The third kappa shape index (κ3) is 7.05. The smallest absolute Gasteiger partial charge is 0.372 e. The summed E-state index contributed by atoms with van der Waals surface area (Å²) in [4.78, 5) is 13.4. The Kier molecular flexibility index (Phi) is 10.4. The molecule has 3 aromatic rings. The number of esters is 1. The Hall–Kier alpha value is -3.50. The Labute approximate surface area is 215 Å². The summed E-state index contributed by atoms with van der Waals surface area (Å²) < 4.78 is 47.2. The second kappa shape index (κ2) is 13.7. The minimum absolute atomic E-state index is 0.0471. The number of hydrogen-bond acceptors (Lipinski definition) is 8. The van der Waals surface area contributed by atoms with Crippen LogP contribution >= 0.6 is 0 Å². The number of carbonyl (C=O) groups is 1. The fourth-order valence-corrected chi connectivity index (χ4v) is 3.56. The van der Waals surface area contributed by atoms with Gasteiger partial charge in [0, 0.05) is 26.9 Å². The SMILES string of the molecule is COCCOc1cc(C(O)(OC)C(=O)OC(c2ccccc2)c2ccccc2)cc(F)c1OCCOC. The first-order chi connectivity index (χ1) is 17.9. The number of carbonyl (C=O) groups excluding carboxylic acids is 1. The highest BCUT2D eigenvalue weighted by Gasteiger charge is 2.43. The van der Waals surface area contributed by atoms with E-state index in [9.17, 15) is 9.90 Å². The first-order valence-corrected chi connectivity index (χ1v) is 11.6. The molecule has 0 saturated heterocycles. The molecule has 37 heavy (non-hydrogen) atoms. The zero-order valence-electron chi connectivity index (χ0n) is 21.0. The van der Waals surface area contributed by atoms with Crippen molar-refractivity contribution >= 4 is 5.97 Å². The Balaban J connectivity index is 1.97. The molecule has 0 aliphatic rings. The molecule has 0 aliphatic carbocycles. The standard InChI is InChI=1S/C28H31FO8/c1-32-14-16-35-24-19-22(18-23(29)26(24)36-17-15-33-2)28(31,34-3)27(30)37-25(20-10-6-4-7-11-20)21-12-8-5-9-13-21/h4-13,18-19,25,31H,14-17H2,1-3H3. The fourth-order valence-electron chi connectivity index (χ4n) is 3.56. The minimum atomic E-state index is -2.65. The van der Waals surface area contributed by atoms with E-state index in [0.717, 1.165) is 13.2 Å². The Morgan fingerprint density at radius 2 is 1.38 bits per heavy atom. The van der Waals surface area contributed by atoms with Gasteiger partial charge in [-0.1, -0.05) is 60.7 Å². The van der Waals surface area contributed by atoms with Gasteiger partial charge in [-0.15, -0.1) is 0 Å². The first-order valence-electron chi connectivity index (χ1n) is 11.6. The summed E-state index contributed by atoms with van der Waals surface area (Å²) in [5, 5.41) is 11.3. The molecular formula is C28H31FO8. The van der Waals surface area contributed by atoms with Crippen LogP contribution in [0.15, 0.2) is 72.8 Å². The van der Waals surface area contributed by atoms with Crippen molar-refractivity contribution in [2.75, 3.05) is 47.8 Å². The van der Waals surface area contributed by atoms with Gasteiger partial charge < -0.3 is 33.5 Å². The van der Waals surface area contributed by atoms with Crippen molar-refractivity contribution in [3.63, 3.8) is 0 Å². The molecule has 0 fully saturated rings. The van der Waals surface area contributed by atoms with E-state index >= 15 is 4.39 Å². The molecule has 3 aromatic carbocycles. The van der Waals surface area contributed by atoms with Gasteiger partial charge in [0.1, 0.15) is 13.2 Å². The van der Waals surface area contributed by atoms with E-state index in [1.54, 1.807) is 24.3 Å². The lowest BCUT2D eigenvalue weighted by molar-refractivity contribution is -0.228. The second-order valence-corrected chi connectivity index (χ2v) is 7.92. The molecule has 0 heterocycles. The van der Waals surface area contributed by atoms with Crippen molar-refractivity contribution in [3.05, 3.63) is 95.3 Å². The quantitative estimate of drug-likeness (QED) is 0.196. The molecule has 0 amide bonds. The molecule has 1 atom stereocenters. The highest BCUT2D eigenvalue weighted by molar-refractivity contribution is 5.80. The summed E-state index contributed by atoms with van der Waals surface area (Å²) in [5.74, 6) is -4.90. The predicted octanol–water partition coefficient (Wildman–Crippen LogP) is 4.00. The molecule has 198 valence electrons. The van der Waals surface area contributed by atoms with Crippen LogP contribution in [0.3, 0.4) is 0 Å². The summed E-state index contributed by atoms with van der Waals surface area (Å²) in [5.41, 5.74) is 1.12. The normalized spacial score (nSPS) is 12.7. The summed E-state index contributed by atoms with van der Waals surface area (Å²) in [6, 6.07) is 20.3. The maximum atomic E-state index is 15.2. The predicted molar refractivity (Wildman–Crippen MR) is 133 cm³/mol. The third-order valence-electron chi connectivity index (χ3n) is 5.48. The molecule has 1 N–H and O–H groups in total. The van der Waals surface area contributed by atoms with Crippen LogP contribution in [0.2, 0.25) is 0 Å². The van der Waals surface area contributed by atoms with Crippen LogP contribution in [-0.2, 0) is 29.5 Å². The number of hydrogen-bond donors (Lipinski definition) is 1. The van der Waals surface area contributed by atoms with E-state index in [0.29, 0.717) is 11.1 Å². The molecule has 0 spiro atoms. The van der Waals surface area contributed by atoms with Crippen molar-refractivity contribution in [1.82, 2.24) is 0 Å². The van der Waals surface area contributed by atoms with Crippen LogP contribution in [0.1, 0.15) is 22.8 Å². The molecule has 9 heteroatoms. The number of aliphatic hydroxyl groups is 1. The molecule has 0 aliphatic heterocycles. The lowest BCUT2D eigenvalue weighted by Crippen LogP contribution is -2.40. The number of methoxy groups -OCH3 is 3. The zero-order chi connectivity index (χ0) is 26.7. The van der Waals surface area contributed by atoms with Crippen LogP contribution < -0.4 is 9.47 Å². The molecule has 3 rings (SSSR count). The van der Waals surface area contributed by atoms with Crippen LogP contribution in [-0.4, -0.2) is 58.8 Å². The monoisotopic (exact) mass is 514 g/mol. The summed E-state index contributed by atoms with van der Waals surface area (Å²) >= 11 is 0. The highest BCUT2D eigenvalue weighted by Crippen LogP contribution is 2.38. The van der Waals surface area contributed by atoms with E-state index in [1.165, 1.54) is 20.3 Å². The van der Waals surface area contributed by atoms with Gasteiger partial charge in [-0.05, 0) is 23.3 Å². The Morgan fingerprint density at radius 1 is 0.838 bits per heavy atom. The van der Waals surface area contributed by atoms with Gasteiger partial charge in [0.15, 0.2) is 23.4 Å². The average molecular weight is 515 g/mol. The van der Waals surface area contributed by atoms with Crippen LogP contribution in [0, 0.1) is 5.82 Å². The van der Waals surface area contributed by atoms with Crippen molar-refractivity contribution in [2.45, 2.75) is 11.9 Å². The van der Waals surface area contributed by atoms with Crippen LogP contribution in [0.5, 0.6) is 11.5 Å². The van der Waals surface area contributed by atoms with Gasteiger partial charge in [-0.25, -0.2) is 9.18 Å².